The lowest BCUT2D eigenvalue weighted by molar-refractivity contribution is 1.05. The summed E-state index contributed by atoms with van der Waals surface area (Å²) in [6, 6.07) is 0. The molecule has 0 atom stereocenters. The molecule has 0 saturated heterocycles. The van der Waals surface area contributed by atoms with Crippen LogP contribution >= 0.6 is 0 Å². The number of nitrogens with one attached hydrogen (secondary N) is 1. The first kappa shape index (κ1) is 5.88. The molecule has 0 radical (unpaired) electrons. The summed E-state index contributed by atoms with van der Waals surface area (Å²) in [4.78, 5) is 6.95. The number of nitrogens with zero attached hydrogens (tertiary/aromatic N) is 1. The molecule has 0 amide bonds. The minimum absolute atomic E-state index is 0.781. The van der Waals surface area contributed by atoms with Crippen LogP contribution in [-0.4, -0.2) is 9.97 Å². The van der Waals surface area contributed by atoms with Crippen LogP contribution in [0.4, 0.5) is 0 Å². The minimum Gasteiger partial charge on any atom is -0.405 e. The first-order valence-electron chi connectivity index (χ1n) is 2.78. The van der Waals surface area contributed by atoms with Crippen LogP contribution in [0.15, 0.2) is 24.7 Å². The van der Waals surface area contributed by atoms with Gasteiger partial charge in [0.2, 0.25) is 0 Å². The highest BCUT2D eigenvalue weighted by atomic mass is 14.9. The molecule has 3 nitrogen and oxygen atoms in total. The van der Waals surface area contributed by atoms with Gasteiger partial charge in [-0.05, 0) is 6.20 Å². The number of hydrogen-bond acceptors (Lipinski definition) is 2. The van der Waals surface area contributed by atoms with E-state index in [-0.39, 0.29) is 0 Å². The van der Waals surface area contributed by atoms with Crippen molar-refractivity contribution in [1.29, 1.82) is 0 Å². The van der Waals surface area contributed by atoms with Crippen molar-refractivity contribution in [1.82, 2.24) is 9.97 Å². The van der Waals surface area contributed by atoms with Crippen LogP contribution < -0.4 is 5.73 Å². The van der Waals surface area contributed by atoms with E-state index in [0.29, 0.717) is 0 Å². The van der Waals surface area contributed by atoms with Crippen LogP contribution in [0, 0.1) is 0 Å². The Labute approximate surface area is 53.6 Å². The molecule has 0 bridgehead atoms. The molecule has 1 aromatic rings. The molecule has 0 saturated carbocycles. The van der Waals surface area contributed by atoms with E-state index in [4.69, 9.17) is 5.73 Å². The number of H-pyrrole nitrogens is 1. The molecule has 0 aromatic carbocycles. The van der Waals surface area contributed by atoms with Gasteiger partial charge in [0, 0.05) is 18.8 Å². The highest BCUT2D eigenvalue weighted by molar-refractivity contribution is 4.94. The predicted molar refractivity (Wildman–Crippen MR) is 35.6 cm³/mol. The second-order valence-electron chi connectivity index (χ2n) is 1.67. The van der Waals surface area contributed by atoms with Crippen molar-refractivity contribution in [2.45, 2.75) is 6.42 Å². The molecule has 0 spiro atoms. The van der Waals surface area contributed by atoms with Gasteiger partial charge >= 0.3 is 0 Å². The Balaban J connectivity index is 2.48. The Bertz CT molecular complexity index is 176. The SMILES string of the molecule is NC=CCc1ncc[nH]1. The third-order valence-electron chi connectivity index (χ3n) is 1.00. The van der Waals surface area contributed by atoms with E-state index in [1.54, 1.807) is 12.4 Å². The fraction of sp³-hybridized carbons (Fsp3) is 0.167. The lowest BCUT2D eigenvalue weighted by Crippen LogP contribution is -1.84. The van der Waals surface area contributed by atoms with Crippen molar-refractivity contribution < 1.29 is 0 Å². The van der Waals surface area contributed by atoms with Gasteiger partial charge in [0.15, 0.2) is 0 Å². The number of aromatic nitrogens is 2. The van der Waals surface area contributed by atoms with Crippen molar-refractivity contribution in [2.24, 2.45) is 5.73 Å². The average Bonchev–Trinajstić information content (AvgIpc) is 2.34. The molecule has 0 unspecified atom stereocenters. The van der Waals surface area contributed by atoms with Crippen molar-refractivity contribution >= 4 is 0 Å². The third-order valence-corrected chi connectivity index (χ3v) is 1.00. The smallest absolute Gasteiger partial charge is 0.109 e. The summed E-state index contributed by atoms with van der Waals surface area (Å²) < 4.78 is 0. The molecule has 0 fully saturated rings. The predicted octanol–water partition coefficient (Wildman–Crippen LogP) is 0.425. The molecular formula is C6H9N3. The molecule has 3 N–H and O–H groups in total. The van der Waals surface area contributed by atoms with Crippen molar-refractivity contribution in [3.8, 4) is 0 Å². The van der Waals surface area contributed by atoms with E-state index in [9.17, 15) is 0 Å². The molecule has 1 aromatic heterocycles. The Morgan fingerprint density at radius 1 is 1.78 bits per heavy atom. The molecule has 0 aliphatic heterocycles. The second-order valence-corrected chi connectivity index (χ2v) is 1.67. The van der Waals surface area contributed by atoms with Crippen molar-refractivity contribution in [2.75, 3.05) is 0 Å². The summed E-state index contributed by atoms with van der Waals surface area (Å²) in [5.74, 6) is 0.941. The van der Waals surface area contributed by atoms with E-state index in [1.807, 2.05) is 6.08 Å². The average molecular weight is 123 g/mol. The summed E-state index contributed by atoms with van der Waals surface area (Å²) in [7, 11) is 0. The van der Waals surface area contributed by atoms with Crippen LogP contribution in [0.1, 0.15) is 5.82 Å². The fourth-order valence-corrected chi connectivity index (χ4v) is 0.589. The standard InChI is InChI=1S/C6H9N3/c7-3-1-2-6-8-4-5-9-6/h1,3-5H,2,7H2,(H,8,9). The van der Waals surface area contributed by atoms with Crippen LogP contribution in [0.3, 0.4) is 0 Å². The zero-order valence-corrected chi connectivity index (χ0v) is 5.04. The van der Waals surface area contributed by atoms with Crippen molar-refractivity contribution in [3.63, 3.8) is 0 Å². The van der Waals surface area contributed by atoms with E-state index in [1.165, 1.54) is 6.20 Å². The molecule has 1 heterocycles. The zero-order chi connectivity index (χ0) is 6.53. The molecule has 0 aliphatic carbocycles. The first-order valence-corrected chi connectivity index (χ1v) is 2.78. The quantitative estimate of drug-likeness (QED) is 0.599. The van der Waals surface area contributed by atoms with E-state index in [2.05, 4.69) is 9.97 Å². The number of nitrogens with two attached hydrogens (primary N) is 1. The normalized spacial score (nSPS) is 10.7. The maximum Gasteiger partial charge on any atom is 0.109 e. The van der Waals surface area contributed by atoms with E-state index < -0.39 is 0 Å². The zero-order valence-electron chi connectivity index (χ0n) is 5.04. The highest BCUT2D eigenvalue weighted by Crippen LogP contribution is 1.88. The molecule has 48 valence electrons. The number of hydrogen-bond donors (Lipinski definition) is 2. The number of allylic oxidation sites excluding steroid dienone is 1. The monoisotopic (exact) mass is 123 g/mol. The van der Waals surface area contributed by atoms with Crippen LogP contribution in [-0.2, 0) is 6.42 Å². The second kappa shape index (κ2) is 2.91. The van der Waals surface area contributed by atoms with Gasteiger partial charge in [-0.3, -0.25) is 0 Å². The van der Waals surface area contributed by atoms with Crippen LogP contribution in [0.2, 0.25) is 0 Å². The molecular weight excluding hydrogens is 114 g/mol. The van der Waals surface area contributed by atoms with E-state index >= 15 is 0 Å². The number of rotatable bonds is 2. The number of aromatic amines is 1. The summed E-state index contributed by atoms with van der Waals surface area (Å²) in [5.41, 5.74) is 5.12. The van der Waals surface area contributed by atoms with Gasteiger partial charge in [-0.1, -0.05) is 6.08 Å². The molecule has 9 heavy (non-hydrogen) atoms. The summed E-state index contributed by atoms with van der Waals surface area (Å²) in [5, 5.41) is 0. The van der Waals surface area contributed by atoms with Gasteiger partial charge in [-0.15, -0.1) is 0 Å². The number of imidazole rings is 1. The summed E-state index contributed by atoms with van der Waals surface area (Å²) >= 11 is 0. The Kier molecular flexibility index (Phi) is 1.90. The Morgan fingerprint density at radius 2 is 2.67 bits per heavy atom. The molecule has 0 aliphatic rings. The summed E-state index contributed by atoms with van der Waals surface area (Å²) in [6.07, 6.45) is 7.66. The van der Waals surface area contributed by atoms with Gasteiger partial charge in [-0.25, -0.2) is 4.98 Å². The van der Waals surface area contributed by atoms with Gasteiger partial charge in [0.05, 0.1) is 0 Å². The molecule has 3 heteroatoms. The highest BCUT2D eigenvalue weighted by Gasteiger charge is 1.86. The maximum absolute atomic E-state index is 5.12. The van der Waals surface area contributed by atoms with E-state index in [0.717, 1.165) is 12.2 Å². The minimum atomic E-state index is 0.781. The van der Waals surface area contributed by atoms with Crippen molar-refractivity contribution in [3.05, 3.63) is 30.5 Å². The van der Waals surface area contributed by atoms with Gasteiger partial charge in [0.1, 0.15) is 5.82 Å². The molecule has 1 rings (SSSR count). The summed E-state index contributed by atoms with van der Waals surface area (Å²) in [6.45, 7) is 0. The third kappa shape index (κ3) is 1.60. The van der Waals surface area contributed by atoms with Gasteiger partial charge in [0.25, 0.3) is 0 Å². The van der Waals surface area contributed by atoms with Crippen LogP contribution in [0.25, 0.3) is 0 Å². The van der Waals surface area contributed by atoms with Gasteiger partial charge < -0.3 is 10.7 Å². The Hall–Kier alpha value is -1.25. The van der Waals surface area contributed by atoms with Crippen LogP contribution in [0.5, 0.6) is 0 Å². The lowest BCUT2D eigenvalue weighted by atomic mass is 10.4. The van der Waals surface area contributed by atoms with Gasteiger partial charge in [-0.2, -0.15) is 0 Å². The first-order chi connectivity index (χ1) is 4.43. The maximum atomic E-state index is 5.12. The fourth-order valence-electron chi connectivity index (χ4n) is 0.589. The Morgan fingerprint density at radius 3 is 3.22 bits per heavy atom. The lowest BCUT2D eigenvalue weighted by Gasteiger charge is -1.83. The largest absolute Gasteiger partial charge is 0.405 e. The topological polar surface area (TPSA) is 54.7 Å².